The second-order valence-electron chi connectivity index (χ2n) is 4.55. The molecule has 5 heteroatoms. The second kappa shape index (κ2) is 5.02. The number of hydrogen-bond donors (Lipinski definition) is 2. The number of fused-ring (bicyclic) bond motifs is 1. The number of aromatic nitrogens is 2. The fourth-order valence-corrected chi connectivity index (χ4v) is 2.26. The van der Waals surface area contributed by atoms with Gasteiger partial charge in [0.15, 0.2) is 0 Å². The Balaban J connectivity index is 2.20. The quantitative estimate of drug-likeness (QED) is 0.765. The van der Waals surface area contributed by atoms with Crippen molar-refractivity contribution < 1.29 is 8.78 Å². The Morgan fingerprint density at radius 1 is 1.20 bits per heavy atom. The Hall–Kier alpha value is -2.27. The Morgan fingerprint density at radius 3 is 2.75 bits per heavy atom. The largest absolute Gasteiger partial charge is 0.339 e. The number of nitrogens with two attached hydrogens (primary N) is 1. The van der Waals surface area contributed by atoms with Gasteiger partial charge in [0.2, 0.25) is 0 Å². The van der Waals surface area contributed by atoms with E-state index < -0.39 is 6.43 Å². The van der Waals surface area contributed by atoms with Gasteiger partial charge < -0.3 is 10.7 Å². The smallest absolute Gasteiger partial charge is 0.264 e. The maximum absolute atomic E-state index is 13.1. The van der Waals surface area contributed by atoms with Crippen molar-refractivity contribution in [3.8, 4) is 11.3 Å². The van der Waals surface area contributed by atoms with E-state index in [1.54, 1.807) is 18.3 Å². The Kier molecular flexibility index (Phi) is 3.20. The summed E-state index contributed by atoms with van der Waals surface area (Å²) in [5.41, 5.74) is 8.18. The molecule has 0 saturated heterocycles. The minimum absolute atomic E-state index is 0.00578. The lowest BCUT2D eigenvalue weighted by molar-refractivity contribution is 0.152. The van der Waals surface area contributed by atoms with Crippen LogP contribution in [-0.4, -0.2) is 9.97 Å². The predicted octanol–water partition coefficient (Wildman–Crippen LogP) is 3.63. The molecule has 102 valence electrons. The zero-order valence-corrected chi connectivity index (χ0v) is 10.6. The van der Waals surface area contributed by atoms with Gasteiger partial charge in [-0.3, -0.25) is 0 Å². The summed E-state index contributed by atoms with van der Waals surface area (Å²) < 4.78 is 26.3. The average molecular weight is 273 g/mol. The Bertz CT molecular complexity index is 717. The molecule has 0 spiro atoms. The zero-order chi connectivity index (χ0) is 14.1. The van der Waals surface area contributed by atoms with E-state index in [-0.39, 0.29) is 5.56 Å². The summed E-state index contributed by atoms with van der Waals surface area (Å²) in [6, 6.07) is 10.3. The molecule has 0 aliphatic carbocycles. The van der Waals surface area contributed by atoms with E-state index in [1.807, 2.05) is 18.2 Å². The van der Waals surface area contributed by atoms with E-state index in [0.717, 1.165) is 10.9 Å². The molecular formula is C15H13F2N3. The Morgan fingerprint density at radius 2 is 2.05 bits per heavy atom. The standard InChI is InChI=1S/C15H13F2N3/c16-14(17)11-4-3-9(8-18)6-12(11)13-7-10-2-1-5-19-15(10)20-13/h1-7,14H,8,18H2,(H,19,20). The molecule has 0 atom stereocenters. The van der Waals surface area contributed by atoms with Crippen LogP contribution in [0.1, 0.15) is 17.6 Å². The zero-order valence-electron chi connectivity index (χ0n) is 10.6. The summed E-state index contributed by atoms with van der Waals surface area (Å²) in [4.78, 5) is 7.25. The molecule has 0 bridgehead atoms. The van der Waals surface area contributed by atoms with Crippen LogP contribution in [0.3, 0.4) is 0 Å². The summed E-state index contributed by atoms with van der Waals surface area (Å²) in [6.07, 6.45) is -0.872. The highest BCUT2D eigenvalue weighted by Gasteiger charge is 2.16. The molecule has 0 radical (unpaired) electrons. The van der Waals surface area contributed by atoms with Crippen molar-refractivity contribution in [3.05, 3.63) is 53.7 Å². The van der Waals surface area contributed by atoms with Gasteiger partial charge in [0, 0.05) is 34.9 Å². The third-order valence-electron chi connectivity index (χ3n) is 3.27. The minimum Gasteiger partial charge on any atom is -0.339 e. The SMILES string of the molecule is NCc1ccc(C(F)F)c(-c2cc3cccnc3[nH]2)c1. The summed E-state index contributed by atoms with van der Waals surface area (Å²) in [7, 11) is 0. The molecule has 0 unspecified atom stereocenters. The van der Waals surface area contributed by atoms with Crippen LogP contribution in [0.2, 0.25) is 0 Å². The van der Waals surface area contributed by atoms with Gasteiger partial charge in [-0.1, -0.05) is 12.1 Å². The molecule has 0 aliphatic rings. The lowest BCUT2D eigenvalue weighted by atomic mass is 10.0. The minimum atomic E-state index is -2.53. The van der Waals surface area contributed by atoms with E-state index in [1.165, 1.54) is 6.07 Å². The van der Waals surface area contributed by atoms with Crippen LogP contribution in [0.25, 0.3) is 22.3 Å². The number of nitrogens with one attached hydrogen (secondary N) is 1. The van der Waals surface area contributed by atoms with Crippen LogP contribution in [-0.2, 0) is 6.54 Å². The van der Waals surface area contributed by atoms with Crippen molar-refractivity contribution in [1.82, 2.24) is 9.97 Å². The maximum atomic E-state index is 13.1. The molecule has 2 heterocycles. The molecule has 0 amide bonds. The van der Waals surface area contributed by atoms with Gasteiger partial charge in [0.1, 0.15) is 5.65 Å². The molecule has 20 heavy (non-hydrogen) atoms. The fraction of sp³-hybridized carbons (Fsp3) is 0.133. The van der Waals surface area contributed by atoms with Gasteiger partial charge in [-0.25, -0.2) is 13.8 Å². The highest BCUT2D eigenvalue weighted by atomic mass is 19.3. The van der Waals surface area contributed by atoms with Crippen LogP contribution < -0.4 is 5.73 Å². The lowest BCUT2D eigenvalue weighted by Gasteiger charge is -2.09. The molecule has 0 aliphatic heterocycles. The first-order valence-corrected chi connectivity index (χ1v) is 6.24. The molecule has 1 aromatic carbocycles. The molecule has 3 aromatic rings. The predicted molar refractivity (Wildman–Crippen MR) is 74.4 cm³/mol. The van der Waals surface area contributed by atoms with Crippen molar-refractivity contribution in [1.29, 1.82) is 0 Å². The summed E-state index contributed by atoms with van der Waals surface area (Å²) >= 11 is 0. The number of halogens is 2. The van der Waals surface area contributed by atoms with E-state index in [9.17, 15) is 8.78 Å². The number of H-pyrrole nitrogens is 1. The molecule has 3 N–H and O–H groups in total. The molecule has 0 saturated carbocycles. The number of pyridine rings is 1. The van der Waals surface area contributed by atoms with Gasteiger partial charge in [-0.05, 0) is 29.8 Å². The first-order valence-electron chi connectivity index (χ1n) is 6.24. The third kappa shape index (κ3) is 2.16. The normalized spacial score (nSPS) is 11.4. The fourth-order valence-electron chi connectivity index (χ4n) is 2.26. The number of aromatic amines is 1. The highest BCUT2D eigenvalue weighted by Crippen LogP contribution is 2.32. The topological polar surface area (TPSA) is 54.7 Å². The summed E-state index contributed by atoms with van der Waals surface area (Å²) in [5, 5.41) is 0.890. The van der Waals surface area contributed by atoms with Gasteiger partial charge in [0.25, 0.3) is 6.43 Å². The summed E-state index contributed by atoms with van der Waals surface area (Å²) in [6.45, 7) is 0.314. The monoisotopic (exact) mass is 273 g/mol. The van der Waals surface area contributed by atoms with Crippen molar-refractivity contribution >= 4 is 11.0 Å². The lowest BCUT2D eigenvalue weighted by Crippen LogP contribution is -1.99. The first kappa shape index (κ1) is 12.7. The van der Waals surface area contributed by atoms with Crippen LogP contribution in [0.4, 0.5) is 8.78 Å². The third-order valence-corrected chi connectivity index (χ3v) is 3.27. The highest BCUT2D eigenvalue weighted by molar-refractivity contribution is 5.83. The molecule has 2 aromatic heterocycles. The number of nitrogens with zero attached hydrogens (tertiary/aromatic N) is 1. The van der Waals surface area contributed by atoms with Crippen LogP contribution in [0.15, 0.2) is 42.6 Å². The molecule has 0 fully saturated rings. The van der Waals surface area contributed by atoms with E-state index in [0.29, 0.717) is 23.4 Å². The maximum Gasteiger partial charge on any atom is 0.264 e. The summed E-state index contributed by atoms with van der Waals surface area (Å²) in [5.74, 6) is 0. The number of rotatable bonds is 3. The van der Waals surface area contributed by atoms with Gasteiger partial charge in [-0.2, -0.15) is 0 Å². The average Bonchev–Trinajstić information content (AvgIpc) is 2.90. The van der Waals surface area contributed by atoms with Gasteiger partial charge in [-0.15, -0.1) is 0 Å². The molecular weight excluding hydrogens is 260 g/mol. The van der Waals surface area contributed by atoms with Crippen molar-refractivity contribution in [2.75, 3.05) is 0 Å². The molecule has 3 nitrogen and oxygen atoms in total. The second-order valence-corrected chi connectivity index (χ2v) is 4.55. The number of benzene rings is 1. The van der Waals surface area contributed by atoms with Gasteiger partial charge in [0.05, 0.1) is 0 Å². The molecule has 3 rings (SSSR count). The number of alkyl halides is 2. The first-order chi connectivity index (χ1) is 9.69. The Labute approximate surface area is 114 Å². The van der Waals surface area contributed by atoms with Gasteiger partial charge >= 0.3 is 0 Å². The number of hydrogen-bond acceptors (Lipinski definition) is 2. The van der Waals surface area contributed by atoms with Crippen molar-refractivity contribution in [2.24, 2.45) is 5.73 Å². The van der Waals surface area contributed by atoms with E-state index in [2.05, 4.69) is 9.97 Å². The van der Waals surface area contributed by atoms with Crippen LogP contribution >= 0.6 is 0 Å². The van der Waals surface area contributed by atoms with Crippen molar-refractivity contribution in [3.63, 3.8) is 0 Å². The van der Waals surface area contributed by atoms with E-state index in [4.69, 9.17) is 5.73 Å². The van der Waals surface area contributed by atoms with E-state index >= 15 is 0 Å². The van der Waals surface area contributed by atoms with Crippen LogP contribution in [0.5, 0.6) is 0 Å². The van der Waals surface area contributed by atoms with Crippen molar-refractivity contribution in [2.45, 2.75) is 13.0 Å². The van der Waals surface area contributed by atoms with Crippen LogP contribution in [0, 0.1) is 0 Å².